The molecule has 0 radical (unpaired) electrons. The fourth-order valence-corrected chi connectivity index (χ4v) is 2.61. The Morgan fingerprint density at radius 3 is 2.86 bits per heavy atom. The quantitative estimate of drug-likeness (QED) is 0.911. The van der Waals surface area contributed by atoms with Gasteiger partial charge < -0.3 is 9.64 Å². The maximum atomic E-state index is 5.86. The fraction of sp³-hybridized carbons (Fsp3) is 0.571. The van der Waals surface area contributed by atoms with Gasteiger partial charge in [0.05, 0.1) is 17.7 Å². The van der Waals surface area contributed by atoms with Crippen LogP contribution >= 0.6 is 0 Å². The number of nitrogens with one attached hydrogen (secondary N) is 1. The van der Waals surface area contributed by atoms with Crippen molar-refractivity contribution in [3.63, 3.8) is 0 Å². The number of aryl methyl sites for hydroxylation is 2. The summed E-state index contributed by atoms with van der Waals surface area (Å²) in [7, 11) is 2.00. The van der Waals surface area contributed by atoms with Gasteiger partial charge in [0.15, 0.2) is 11.6 Å². The Hall–Kier alpha value is -2.02. The highest BCUT2D eigenvalue weighted by Crippen LogP contribution is 2.30. The molecule has 7 heteroatoms. The molecule has 2 aromatic heterocycles. The first-order valence-electron chi connectivity index (χ1n) is 7.15. The number of H-pyrrole nitrogens is 1. The Kier molecular flexibility index (Phi) is 3.83. The number of rotatable bonds is 4. The molecule has 0 amide bonds. The second-order valence-corrected chi connectivity index (χ2v) is 5.50. The second-order valence-electron chi connectivity index (χ2n) is 5.50. The summed E-state index contributed by atoms with van der Waals surface area (Å²) >= 11 is 0. The van der Waals surface area contributed by atoms with Gasteiger partial charge in [0.2, 0.25) is 0 Å². The Balaban J connectivity index is 1.69. The molecule has 0 saturated carbocycles. The fourth-order valence-electron chi connectivity index (χ4n) is 2.61. The number of likely N-dealkylation sites (N-methyl/N-ethyl adjacent to an activating group) is 1. The highest BCUT2D eigenvalue weighted by atomic mass is 16.5. The lowest BCUT2D eigenvalue weighted by molar-refractivity contribution is 0.108. The van der Waals surface area contributed by atoms with Crippen LogP contribution in [0.2, 0.25) is 0 Å². The van der Waals surface area contributed by atoms with Crippen LogP contribution in [0.4, 0.5) is 5.82 Å². The van der Waals surface area contributed by atoms with Gasteiger partial charge in [-0.2, -0.15) is 10.2 Å². The van der Waals surface area contributed by atoms with Gasteiger partial charge in [-0.1, -0.05) is 0 Å². The van der Waals surface area contributed by atoms with E-state index in [2.05, 4.69) is 30.3 Å². The van der Waals surface area contributed by atoms with E-state index >= 15 is 0 Å². The summed E-state index contributed by atoms with van der Waals surface area (Å²) in [5.41, 5.74) is 0.915. The lowest BCUT2D eigenvalue weighted by Crippen LogP contribution is -2.32. The van der Waals surface area contributed by atoms with Crippen molar-refractivity contribution >= 4 is 5.82 Å². The zero-order valence-corrected chi connectivity index (χ0v) is 12.6. The van der Waals surface area contributed by atoms with Crippen molar-refractivity contribution in [3.05, 3.63) is 29.5 Å². The Morgan fingerprint density at radius 2 is 2.19 bits per heavy atom. The number of aromatic nitrogens is 5. The van der Waals surface area contributed by atoms with Gasteiger partial charge in [-0.15, -0.1) is 5.10 Å². The SMILES string of the molecule is Cc1ccc(N(C)C[C@H]2OCC[C@H]2c2n[nH]c(C)n2)nn1. The maximum Gasteiger partial charge on any atom is 0.156 e. The molecule has 1 aliphatic rings. The van der Waals surface area contributed by atoms with Gasteiger partial charge >= 0.3 is 0 Å². The molecule has 1 aliphatic heterocycles. The van der Waals surface area contributed by atoms with Crippen LogP contribution in [-0.2, 0) is 4.74 Å². The molecule has 0 aliphatic carbocycles. The minimum absolute atomic E-state index is 0.0771. The first kappa shape index (κ1) is 13.9. The molecular weight excluding hydrogens is 268 g/mol. The summed E-state index contributed by atoms with van der Waals surface area (Å²) in [6.45, 7) is 5.33. The van der Waals surface area contributed by atoms with E-state index < -0.39 is 0 Å². The van der Waals surface area contributed by atoms with Crippen LogP contribution in [0.5, 0.6) is 0 Å². The van der Waals surface area contributed by atoms with Crippen LogP contribution < -0.4 is 4.90 Å². The Bertz CT molecular complexity index is 596. The molecule has 0 spiro atoms. The van der Waals surface area contributed by atoms with E-state index in [0.29, 0.717) is 0 Å². The number of ether oxygens (including phenoxy) is 1. The number of aromatic amines is 1. The molecule has 3 rings (SSSR count). The molecule has 2 aromatic rings. The van der Waals surface area contributed by atoms with Gasteiger partial charge in [-0.05, 0) is 32.4 Å². The third-order valence-electron chi connectivity index (χ3n) is 3.78. The summed E-state index contributed by atoms with van der Waals surface area (Å²) in [6, 6.07) is 3.94. The molecule has 2 atom stereocenters. The number of anilines is 1. The molecule has 3 heterocycles. The van der Waals surface area contributed by atoms with E-state index in [1.54, 1.807) is 0 Å². The Labute approximate surface area is 123 Å². The molecule has 21 heavy (non-hydrogen) atoms. The van der Waals surface area contributed by atoms with Gasteiger partial charge in [-0.3, -0.25) is 5.10 Å². The van der Waals surface area contributed by atoms with E-state index in [1.165, 1.54) is 0 Å². The van der Waals surface area contributed by atoms with Crippen molar-refractivity contribution < 1.29 is 4.74 Å². The molecule has 0 aromatic carbocycles. The number of hydrogen-bond donors (Lipinski definition) is 1. The van der Waals surface area contributed by atoms with E-state index in [4.69, 9.17) is 4.74 Å². The highest BCUT2D eigenvalue weighted by molar-refractivity contribution is 5.36. The normalized spacial score (nSPS) is 21.7. The highest BCUT2D eigenvalue weighted by Gasteiger charge is 2.33. The van der Waals surface area contributed by atoms with Crippen LogP contribution in [0.15, 0.2) is 12.1 Å². The summed E-state index contributed by atoms with van der Waals surface area (Å²) in [5.74, 6) is 2.77. The van der Waals surface area contributed by atoms with Crippen molar-refractivity contribution in [2.24, 2.45) is 0 Å². The average molecular weight is 288 g/mol. The van der Waals surface area contributed by atoms with Gasteiger partial charge in [0.1, 0.15) is 5.82 Å². The van der Waals surface area contributed by atoms with Gasteiger partial charge in [0.25, 0.3) is 0 Å². The van der Waals surface area contributed by atoms with Crippen molar-refractivity contribution in [1.29, 1.82) is 0 Å². The molecular formula is C14H20N6O. The predicted molar refractivity (Wildman–Crippen MR) is 78.3 cm³/mol. The second kappa shape index (κ2) is 5.77. The lowest BCUT2D eigenvalue weighted by Gasteiger charge is -2.24. The largest absolute Gasteiger partial charge is 0.376 e. The number of hydrogen-bond acceptors (Lipinski definition) is 6. The van der Waals surface area contributed by atoms with Crippen molar-refractivity contribution in [2.75, 3.05) is 25.1 Å². The predicted octanol–water partition coefficient (Wildman–Crippen LogP) is 1.22. The first-order chi connectivity index (χ1) is 10.1. The van der Waals surface area contributed by atoms with Crippen molar-refractivity contribution in [2.45, 2.75) is 32.3 Å². The first-order valence-corrected chi connectivity index (χ1v) is 7.15. The van der Waals surface area contributed by atoms with Crippen LogP contribution in [0, 0.1) is 13.8 Å². The number of nitrogens with zero attached hydrogens (tertiary/aromatic N) is 5. The summed E-state index contributed by atoms with van der Waals surface area (Å²) in [6.07, 6.45) is 1.03. The van der Waals surface area contributed by atoms with Crippen molar-refractivity contribution in [3.8, 4) is 0 Å². The molecule has 1 saturated heterocycles. The van der Waals surface area contributed by atoms with E-state index in [1.807, 2.05) is 33.0 Å². The molecule has 0 unspecified atom stereocenters. The summed E-state index contributed by atoms with van der Waals surface area (Å²) < 4.78 is 5.86. The minimum Gasteiger partial charge on any atom is -0.376 e. The van der Waals surface area contributed by atoms with Gasteiger partial charge in [-0.25, -0.2) is 4.98 Å². The zero-order valence-electron chi connectivity index (χ0n) is 12.6. The zero-order chi connectivity index (χ0) is 14.8. The molecule has 1 N–H and O–H groups in total. The standard InChI is InChI=1S/C14H20N6O/c1-9-4-5-13(18-16-9)20(3)8-12-11(6-7-21-12)14-15-10(2)17-19-14/h4-5,11-12H,6-8H2,1-3H3,(H,15,17,19)/t11-,12-/m1/s1. The van der Waals surface area contributed by atoms with Crippen LogP contribution in [-0.4, -0.2) is 51.7 Å². The average Bonchev–Trinajstić information content (AvgIpc) is 3.08. The molecule has 0 bridgehead atoms. The topological polar surface area (TPSA) is 79.8 Å². The monoisotopic (exact) mass is 288 g/mol. The van der Waals surface area contributed by atoms with Crippen LogP contribution in [0.25, 0.3) is 0 Å². The molecule has 7 nitrogen and oxygen atoms in total. The summed E-state index contributed by atoms with van der Waals surface area (Å²) in [4.78, 5) is 6.51. The van der Waals surface area contributed by atoms with E-state index in [9.17, 15) is 0 Å². The van der Waals surface area contributed by atoms with Crippen LogP contribution in [0.3, 0.4) is 0 Å². The Morgan fingerprint density at radius 1 is 1.33 bits per heavy atom. The maximum absolute atomic E-state index is 5.86. The minimum atomic E-state index is 0.0771. The summed E-state index contributed by atoms with van der Waals surface area (Å²) in [5, 5.41) is 15.5. The third-order valence-corrected chi connectivity index (χ3v) is 3.78. The van der Waals surface area contributed by atoms with Gasteiger partial charge in [0, 0.05) is 20.2 Å². The molecule has 112 valence electrons. The smallest absolute Gasteiger partial charge is 0.156 e. The van der Waals surface area contributed by atoms with Crippen LogP contribution in [0.1, 0.15) is 29.7 Å². The van der Waals surface area contributed by atoms with E-state index in [0.717, 1.165) is 42.7 Å². The van der Waals surface area contributed by atoms with Crippen molar-refractivity contribution in [1.82, 2.24) is 25.4 Å². The lowest BCUT2D eigenvalue weighted by atomic mass is 10.0. The third kappa shape index (κ3) is 3.02. The molecule has 1 fully saturated rings. The van der Waals surface area contributed by atoms with E-state index in [-0.39, 0.29) is 12.0 Å².